The molecular formula is C22H25N5O4. The Morgan fingerprint density at radius 3 is 2.65 bits per heavy atom. The van der Waals surface area contributed by atoms with Gasteiger partial charge < -0.3 is 19.4 Å². The van der Waals surface area contributed by atoms with Gasteiger partial charge in [0.05, 0.1) is 24.8 Å². The maximum atomic E-state index is 13.0. The lowest BCUT2D eigenvalue weighted by atomic mass is 10.0. The summed E-state index contributed by atoms with van der Waals surface area (Å²) >= 11 is 0. The number of benzene rings is 1. The monoisotopic (exact) mass is 423 g/mol. The highest BCUT2D eigenvalue weighted by molar-refractivity contribution is 5.94. The van der Waals surface area contributed by atoms with E-state index >= 15 is 0 Å². The number of nitrogens with zero attached hydrogens (tertiary/aromatic N) is 4. The molecule has 2 aromatic heterocycles. The van der Waals surface area contributed by atoms with Crippen LogP contribution in [0.4, 0.5) is 0 Å². The van der Waals surface area contributed by atoms with Gasteiger partial charge in [0.15, 0.2) is 11.5 Å². The molecule has 3 heterocycles. The minimum atomic E-state index is -0.218. The van der Waals surface area contributed by atoms with Gasteiger partial charge in [0.1, 0.15) is 5.75 Å². The Balaban J connectivity index is 1.39. The molecule has 1 saturated heterocycles. The molecule has 0 saturated carbocycles. The first-order chi connectivity index (χ1) is 15.0. The minimum absolute atomic E-state index is 0.00499. The van der Waals surface area contributed by atoms with Crippen molar-refractivity contribution < 1.29 is 18.7 Å². The van der Waals surface area contributed by atoms with Gasteiger partial charge in [-0.25, -0.2) is 4.68 Å². The maximum Gasteiger partial charge on any atom is 0.287 e. The number of furan rings is 1. The fourth-order valence-electron chi connectivity index (χ4n) is 3.75. The molecule has 1 aliphatic heterocycles. The normalized spacial score (nSPS) is 14.5. The molecule has 3 aromatic rings. The molecule has 0 spiro atoms. The summed E-state index contributed by atoms with van der Waals surface area (Å²) in [5, 5.41) is 11.3. The molecule has 1 aromatic carbocycles. The van der Waals surface area contributed by atoms with E-state index in [-0.39, 0.29) is 17.9 Å². The summed E-state index contributed by atoms with van der Waals surface area (Å²) in [6.45, 7) is 4.73. The Bertz CT molecular complexity index is 1100. The lowest BCUT2D eigenvalue weighted by molar-refractivity contribution is 0.0689. The van der Waals surface area contributed by atoms with Gasteiger partial charge >= 0.3 is 0 Å². The number of piperidine rings is 1. The SMILES string of the molecule is COc1cccc(-n2nnc(C(=O)N3CCC(NC(=O)c4occc4C)CC3)c2C)c1. The Morgan fingerprint density at radius 1 is 1.19 bits per heavy atom. The van der Waals surface area contributed by atoms with Crippen LogP contribution in [-0.2, 0) is 0 Å². The predicted octanol–water partition coefficient (Wildman–Crippen LogP) is 2.52. The largest absolute Gasteiger partial charge is 0.497 e. The number of aromatic nitrogens is 3. The van der Waals surface area contributed by atoms with Crippen LogP contribution in [0.3, 0.4) is 0 Å². The van der Waals surface area contributed by atoms with E-state index in [4.69, 9.17) is 9.15 Å². The van der Waals surface area contributed by atoms with Crippen molar-refractivity contribution in [2.45, 2.75) is 32.7 Å². The molecule has 0 bridgehead atoms. The number of carbonyl (C=O) groups is 2. The van der Waals surface area contributed by atoms with Crippen molar-refractivity contribution in [1.29, 1.82) is 0 Å². The number of nitrogens with one attached hydrogen (secondary N) is 1. The van der Waals surface area contributed by atoms with E-state index in [0.717, 1.165) is 11.3 Å². The van der Waals surface area contributed by atoms with E-state index in [1.165, 1.54) is 6.26 Å². The van der Waals surface area contributed by atoms with Gasteiger partial charge in [0.2, 0.25) is 0 Å². The van der Waals surface area contributed by atoms with Gasteiger partial charge in [-0.05, 0) is 44.9 Å². The Labute approximate surface area is 180 Å². The minimum Gasteiger partial charge on any atom is -0.497 e. The Hall–Kier alpha value is -3.62. The lowest BCUT2D eigenvalue weighted by Crippen LogP contribution is -2.46. The zero-order valence-corrected chi connectivity index (χ0v) is 17.8. The zero-order valence-electron chi connectivity index (χ0n) is 17.8. The van der Waals surface area contributed by atoms with E-state index in [1.807, 2.05) is 38.1 Å². The van der Waals surface area contributed by atoms with Crippen molar-refractivity contribution in [2.24, 2.45) is 0 Å². The number of methoxy groups -OCH3 is 1. The van der Waals surface area contributed by atoms with Crippen LogP contribution in [0, 0.1) is 13.8 Å². The molecule has 31 heavy (non-hydrogen) atoms. The molecule has 4 rings (SSSR count). The topological polar surface area (TPSA) is 102 Å². The van der Waals surface area contributed by atoms with E-state index in [0.29, 0.717) is 48.8 Å². The second-order valence-electron chi connectivity index (χ2n) is 7.61. The van der Waals surface area contributed by atoms with Crippen LogP contribution >= 0.6 is 0 Å². The number of hydrogen-bond donors (Lipinski definition) is 1. The van der Waals surface area contributed by atoms with Gasteiger partial charge in [0, 0.05) is 30.8 Å². The number of aryl methyl sites for hydroxylation is 1. The second kappa shape index (κ2) is 8.63. The second-order valence-corrected chi connectivity index (χ2v) is 7.61. The molecule has 2 amide bonds. The molecule has 162 valence electrons. The van der Waals surface area contributed by atoms with Gasteiger partial charge in [-0.2, -0.15) is 0 Å². The molecular weight excluding hydrogens is 398 g/mol. The zero-order chi connectivity index (χ0) is 22.0. The smallest absolute Gasteiger partial charge is 0.287 e. The van der Waals surface area contributed by atoms with Crippen LogP contribution in [0.2, 0.25) is 0 Å². The van der Waals surface area contributed by atoms with Crippen LogP contribution in [0.5, 0.6) is 5.75 Å². The fraction of sp³-hybridized carbons (Fsp3) is 0.364. The number of ether oxygens (including phenoxy) is 1. The summed E-state index contributed by atoms with van der Waals surface area (Å²) in [7, 11) is 1.60. The number of hydrogen-bond acceptors (Lipinski definition) is 6. The predicted molar refractivity (Wildman–Crippen MR) is 112 cm³/mol. The van der Waals surface area contributed by atoms with Crippen molar-refractivity contribution in [3.8, 4) is 11.4 Å². The number of rotatable bonds is 5. The average molecular weight is 423 g/mol. The van der Waals surface area contributed by atoms with Crippen LogP contribution in [-0.4, -0.2) is 57.9 Å². The summed E-state index contributed by atoms with van der Waals surface area (Å²) < 4.78 is 12.1. The molecule has 0 unspecified atom stereocenters. The van der Waals surface area contributed by atoms with E-state index in [2.05, 4.69) is 15.6 Å². The molecule has 0 radical (unpaired) electrons. The first-order valence-electron chi connectivity index (χ1n) is 10.2. The third-order valence-corrected chi connectivity index (χ3v) is 5.58. The molecule has 1 N–H and O–H groups in total. The quantitative estimate of drug-likeness (QED) is 0.677. The van der Waals surface area contributed by atoms with Crippen LogP contribution < -0.4 is 10.1 Å². The van der Waals surface area contributed by atoms with E-state index in [9.17, 15) is 9.59 Å². The van der Waals surface area contributed by atoms with Crippen molar-refractivity contribution >= 4 is 11.8 Å². The number of likely N-dealkylation sites (tertiary alicyclic amines) is 1. The van der Waals surface area contributed by atoms with Crippen LogP contribution in [0.1, 0.15) is 45.1 Å². The Kier molecular flexibility index (Phi) is 5.75. The fourth-order valence-corrected chi connectivity index (χ4v) is 3.75. The summed E-state index contributed by atoms with van der Waals surface area (Å²) in [6.07, 6.45) is 2.84. The van der Waals surface area contributed by atoms with E-state index in [1.54, 1.807) is 22.8 Å². The van der Waals surface area contributed by atoms with Crippen molar-refractivity contribution in [3.63, 3.8) is 0 Å². The summed E-state index contributed by atoms with van der Waals surface area (Å²) in [6, 6.07) is 9.18. The highest BCUT2D eigenvalue weighted by Crippen LogP contribution is 2.20. The first kappa shape index (κ1) is 20.6. The highest BCUT2D eigenvalue weighted by atomic mass is 16.5. The van der Waals surface area contributed by atoms with Crippen molar-refractivity contribution in [3.05, 3.63) is 59.3 Å². The Morgan fingerprint density at radius 2 is 1.97 bits per heavy atom. The third kappa shape index (κ3) is 4.16. The third-order valence-electron chi connectivity index (χ3n) is 5.58. The maximum absolute atomic E-state index is 13.0. The molecule has 0 atom stereocenters. The van der Waals surface area contributed by atoms with Crippen molar-refractivity contribution in [1.82, 2.24) is 25.2 Å². The lowest BCUT2D eigenvalue weighted by Gasteiger charge is -2.31. The summed E-state index contributed by atoms with van der Waals surface area (Å²) in [4.78, 5) is 27.1. The molecule has 1 aliphatic rings. The van der Waals surface area contributed by atoms with Crippen LogP contribution in [0.25, 0.3) is 5.69 Å². The first-order valence-corrected chi connectivity index (χ1v) is 10.2. The van der Waals surface area contributed by atoms with E-state index < -0.39 is 0 Å². The molecule has 9 nitrogen and oxygen atoms in total. The van der Waals surface area contributed by atoms with Gasteiger partial charge in [-0.3, -0.25) is 9.59 Å². The van der Waals surface area contributed by atoms with Crippen molar-refractivity contribution in [2.75, 3.05) is 20.2 Å². The van der Waals surface area contributed by atoms with Gasteiger partial charge in [0.25, 0.3) is 11.8 Å². The standard InChI is InChI=1S/C22H25N5O4/c1-14-9-12-31-20(14)21(28)23-16-7-10-26(11-8-16)22(29)19-15(2)27(25-24-19)17-5-4-6-18(13-17)30-3/h4-6,9,12-13,16H,7-8,10-11H2,1-3H3,(H,23,28). The highest BCUT2D eigenvalue weighted by Gasteiger charge is 2.28. The molecule has 9 heteroatoms. The number of amides is 2. The summed E-state index contributed by atoms with van der Waals surface area (Å²) in [5.41, 5.74) is 2.58. The van der Waals surface area contributed by atoms with Gasteiger partial charge in [-0.15, -0.1) is 5.10 Å². The average Bonchev–Trinajstić information content (AvgIpc) is 3.39. The van der Waals surface area contributed by atoms with Gasteiger partial charge in [-0.1, -0.05) is 11.3 Å². The molecule has 0 aliphatic carbocycles. The molecule has 1 fully saturated rings. The van der Waals surface area contributed by atoms with Crippen LogP contribution in [0.15, 0.2) is 41.0 Å². The number of carbonyl (C=O) groups excluding carboxylic acids is 2. The summed E-state index contributed by atoms with van der Waals surface area (Å²) in [5.74, 6) is 0.667.